The Hall–Kier alpha value is -3.67. The number of rotatable bonds is 29. The summed E-state index contributed by atoms with van der Waals surface area (Å²) in [5.41, 5.74) is 0. The average Bonchev–Trinajstić information content (AvgIpc) is 3.04. The average molecular weight is 636 g/mol. The molecule has 0 radical (unpaired) electrons. The van der Waals surface area contributed by atoms with E-state index in [0.717, 1.165) is 77.0 Å². The van der Waals surface area contributed by atoms with Crippen LogP contribution in [0.1, 0.15) is 123 Å². The molecular formula is C40H61NO5. The van der Waals surface area contributed by atoms with Gasteiger partial charge in [0.1, 0.15) is 12.6 Å². The van der Waals surface area contributed by atoms with Crippen molar-refractivity contribution in [3.63, 3.8) is 0 Å². The third-order valence-corrected chi connectivity index (χ3v) is 6.74. The van der Waals surface area contributed by atoms with Gasteiger partial charge in [-0.1, -0.05) is 111 Å². The Bertz CT molecular complexity index is 1010. The van der Waals surface area contributed by atoms with Crippen molar-refractivity contribution in [3.8, 4) is 0 Å². The van der Waals surface area contributed by atoms with Crippen molar-refractivity contribution in [2.45, 2.75) is 129 Å². The highest BCUT2D eigenvalue weighted by Gasteiger charge is 2.12. The van der Waals surface area contributed by atoms with Crippen LogP contribution in [0.5, 0.6) is 0 Å². The van der Waals surface area contributed by atoms with Gasteiger partial charge in [0.15, 0.2) is 0 Å². The van der Waals surface area contributed by atoms with Crippen LogP contribution in [0.15, 0.2) is 97.2 Å². The second-order valence-electron chi connectivity index (χ2n) is 11.0. The highest BCUT2D eigenvalue weighted by atomic mass is 16.5. The molecule has 0 saturated carbocycles. The van der Waals surface area contributed by atoms with Crippen LogP contribution in [0, 0.1) is 0 Å². The van der Waals surface area contributed by atoms with Gasteiger partial charge in [-0.15, -0.1) is 0 Å². The summed E-state index contributed by atoms with van der Waals surface area (Å²) in [7, 11) is 0. The Labute approximate surface area is 279 Å². The van der Waals surface area contributed by atoms with E-state index in [-0.39, 0.29) is 30.9 Å². The van der Waals surface area contributed by atoms with Crippen LogP contribution in [0.4, 0.5) is 0 Å². The zero-order valence-electron chi connectivity index (χ0n) is 28.6. The molecule has 0 aromatic carbocycles. The lowest BCUT2D eigenvalue weighted by Crippen LogP contribution is -2.28. The normalized spacial score (nSPS) is 13.3. The third-order valence-electron chi connectivity index (χ3n) is 6.74. The zero-order chi connectivity index (χ0) is 33.8. The summed E-state index contributed by atoms with van der Waals surface area (Å²) >= 11 is 0. The van der Waals surface area contributed by atoms with E-state index in [9.17, 15) is 14.4 Å². The van der Waals surface area contributed by atoms with E-state index >= 15 is 0 Å². The van der Waals surface area contributed by atoms with E-state index in [1.807, 2.05) is 12.2 Å². The molecule has 0 bridgehead atoms. The van der Waals surface area contributed by atoms with Gasteiger partial charge in [0.05, 0.1) is 0 Å². The van der Waals surface area contributed by atoms with E-state index in [2.05, 4.69) is 104 Å². The Balaban J connectivity index is 4.49. The maximum absolute atomic E-state index is 12.6. The summed E-state index contributed by atoms with van der Waals surface area (Å²) < 4.78 is 5.78. The van der Waals surface area contributed by atoms with Crippen LogP contribution >= 0.6 is 0 Å². The molecule has 0 fully saturated rings. The van der Waals surface area contributed by atoms with Crippen molar-refractivity contribution >= 4 is 17.8 Å². The third kappa shape index (κ3) is 33.2. The molecule has 0 rings (SSSR count). The fourth-order valence-corrected chi connectivity index (χ4v) is 4.24. The first kappa shape index (κ1) is 42.3. The van der Waals surface area contributed by atoms with E-state index in [1.165, 1.54) is 0 Å². The molecule has 6 heteroatoms. The minimum Gasteiger partial charge on any atom is -0.480 e. The van der Waals surface area contributed by atoms with Gasteiger partial charge in [-0.3, -0.25) is 14.4 Å². The first-order valence-electron chi connectivity index (χ1n) is 17.4. The predicted octanol–water partition coefficient (Wildman–Crippen LogP) is 10.2. The van der Waals surface area contributed by atoms with Gasteiger partial charge in [0.2, 0.25) is 5.91 Å². The van der Waals surface area contributed by atoms with Crippen LogP contribution in [0.25, 0.3) is 0 Å². The summed E-state index contributed by atoms with van der Waals surface area (Å²) in [6, 6.07) is 0. The van der Waals surface area contributed by atoms with E-state index < -0.39 is 5.97 Å². The second-order valence-corrected chi connectivity index (χ2v) is 11.0. The molecule has 256 valence electrons. The van der Waals surface area contributed by atoms with Gasteiger partial charge in [-0.25, -0.2) is 0 Å². The Kier molecular flexibility index (Phi) is 31.5. The van der Waals surface area contributed by atoms with Crippen LogP contribution < -0.4 is 5.32 Å². The number of aliphatic carboxylic acids is 1. The predicted molar refractivity (Wildman–Crippen MR) is 193 cm³/mol. The first-order chi connectivity index (χ1) is 22.5. The number of nitrogens with one attached hydrogen (secondary N) is 1. The summed E-state index contributed by atoms with van der Waals surface area (Å²) in [6.07, 6.45) is 48.1. The van der Waals surface area contributed by atoms with Crippen LogP contribution in [-0.4, -0.2) is 35.6 Å². The van der Waals surface area contributed by atoms with E-state index in [4.69, 9.17) is 9.84 Å². The van der Waals surface area contributed by atoms with Crippen LogP contribution in [0.3, 0.4) is 0 Å². The Morgan fingerprint density at radius 3 is 1.59 bits per heavy atom. The molecule has 0 aliphatic rings. The topological polar surface area (TPSA) is 92.7 Å². The number of esters is 1. The molecule has 0 heterocycles. The molecule has 1 amide bonds. The number of carboxylic acid groups (broad SMARTS) is 1. The maximum Gasteiger partial charge on any atom is 0.322 e. The van der Waals surface area contributed by atoms with Crippen LogP contribution in [0.2, 0.25) is 0 Å². The number of unbranched alkanes of at least 4 members (excludes halogenated alkanes) is 4. The molecule has 0 spiro atoms. The molecule has 46 heavy (non-hydrogen) atoms. The largest absolute Gasteiger partial charge is 0.480 e. The summed E-state index contributed by atoms with van der Waals surface area (Å²) in [6.45, 7) is 3.90. The van der Waals surface area contributed by atoms with Gasteiger partial charge < -0.3 is 15.2 Å². The number of carbonyl (C=O) groups is 3. The van der Waals surface area contributed by atoms with Crippen molar-refractivity contribution in [1.29, 1.82) is 0 Å². The van der Waals surface area contributed by atoms with Gasteiger partial charge in [0, 0.05) is 12.8 Å². The first-order valence-corrected chi connectivity index (χ1v) is 17.4. The standard InChI is InChI=1S/C40H61NO5/c1-3-5-7-9-11-13-15-17-19-20-22-24-26-28-32-37(33-30-31-34-38(42)41-36-39(43)44)46-40(45)35-29-27-25-23-21-18-16-14-12-10-8-6-4-2/h5-8,11-14,17-19,21-22,24,28,32,37H,3-4,9-10,15-16,20,23,25-27,29-31,33-36H2,1-2H3,(H,41,42)(H,43,44)/b7-5-,8-6-,13-11-,14-12-,19-17-,21-18-,24-22-,32-28-. The molecular weight excluding hydrogens is 574 g/mol. The lowest BCUT2D eigenvalue weighted by Gasteiger charge is -2.14. The molecule has 0 aromatic rings. The number of allylic oxidation sites excluding steroid dienone is 15. The number of ether oxygens (including phenoxy) is 1. The van der Waals surface area contributed by atoms with Crippen molar-refractivity contribution in [1.82, 2.24) is 5.32 Å². The number of carboxylic acids is 1. The Morgan fingerprint density at radius 1 is 0.587 bits per heavy atom. The molecule has 0 aromatic heterocycles. The highest BCUT2D eigenvalue weighted by Crippen LogP contribution is 2.13. The second kappa shape index (κ2) is 34.2. The van der Waals surface area contributed by atoms with Gasteiger partial charge in [-0.05, 0) is 96.0 Å². The number of hydrogen-bond donors (Lipinski definition) is 2. The van der Waals surface area contributed by atoms with Crippen LogP contribution in [-0.2, 0) is 19.1 Å². The minimum atomic E-state index is -1.06. The quantitative estimate of drug-likeness (QED) is 0.0485. The molecule has 1 atom stereocenters. The van der Waals surface area contributed by atoms with Crippen molar-refractivity contribution in [2.24, 2.45) is 0 Å². The fraction of sp³-hybridized carbons (Fsp3) is 0.525. The lowest BCUT2D eigenvalue weighted by molar-refractivity contribution is -0.147. The van der Waals surface area contributed by atoms with Gasteiger partial charge in [0.25, 0.3) is 0 Å². The molecule has 2 N–H and O–H groups in total. The molecule has 6 nitrogen and oxygen atoms in total. The van der Waals surface area contributed by atoms with Crippen molar-refractivity contribution < 1.29 is 24.2 Å². The Morgan fingerprint density at radius 2 is 1.07 bits per heavy atom. The highest BCUT2D eigenvalue weighted by molar-refractivity contribution is 5.80. The molecule has 0 aliphatic heterocycles. The fourth-order valence-electron chi connectivity index (χ4n) is 4.24. The monoisotopic (exact) mass is 635 g/mol. The number of carbonyl (C=O) groups excluding carboxylic acids is 2. The minimum absolute atomic E-state index is 0.192. The maximum atomic E-state index is 12.6. The number of hydrogen-bond acceptors (Lipinski definition) is 4. The van der Waals surface area contributed by atoms with E-state index in [1.54, 1.807) is 0 Å². The summed E-state index contributed by atoms with van der Waals surface area (Å²) in [5.74, 6) is -1.53. The zero-order valence-corrected chi connectivity index (χ0v) is 28.6. The van der Waals surface area contributed by atoms with Crippen molar-refractivity contribution in [2.75, 3.05) is 6.54 Å². The number of amides is 1. The van der Waals surface area contributed by atoms with Gasteiger partial charge >= 0.3 is 11.9 Å². The molecule has 1 unspecified atom stereocenters. The van der Waals surface area contributed by atoms with Gasteiger partial charge in [-0.2, -0.15) is 0 Å². The van der Waals surface area contributed by atoms with E-state index in [0.29, 0.717) is 25.7 Å². The SMILES string of the molecule is CC/C=C\C/C=C\C/C=C\C/C=C\C/C=C\C(CCCCC(=O)NCC(=O)O)OC(=O)CCCCC/C=C\C/C=C\C/C=C\CC. The smallest absolute Gasteiger partial charge is 0.322 e. The molecule has 0 aliphatic carbocycles. The summed E-state index contributed by atoms with van der Waals surface area (Å²) in [5, 5.41) is 11.1. The van der Waals surface area contributed by atoms with Crippen molar-refractivity contribution in [3.05, 3.63) is 97.2 Å². The molecule has 0 saturated heterocycles. The lowest BCUT2D eigenvalue weighted by atomic mass is 10.1. The summed E-state index contributed by atoms with van der Waals surface area (Å²) in [4.78, 5) is 35.0.